The third-order valence-electron chi connectivity index (χ3n) is 3.34. The smallest absolute Gasteiger partial charge is 0.318 e. The quantitative estimate of drug-likeness (QED) is 0.534. The number of aromatic hydroxyl groups is 1. The maximum absolute atomic E-state index is 12.2. The first kappa shape index (κ1) is 20.6. The first-order valence-electron chi connectivity index (χ1n) is 7.01. The lowest BCUT2D eigenvalue weighted by atomic mass is 10.1. The highest BCUT2D eigenvalue weighted by Gasteiger charge is 2.23. The summed E-state index contributed by atoms with van der Waals surface area (Å²) in [5.41, 5.74) is -1.71. The Morgan fingerprint density at radius 1 is 1.07 bits per heavy atom. The largest absolute Gasteiger partial charge is 0.502 e. The van der Waals surface area contributed by atoms with Crippen molar-refractivity contribution in [2.45, 2.75) is 5.75 Å². The molecule has 0 amide bonds. The van der Waals surface area contributed by atoms with E-state index in [9.17, 15) is 33.8 Å². The summed E-state index contributed by atoms with van der Waals surface area (Å²) in [6.07, 6.45) is 0.842. The summed E-state index contributed by atoms with van der Waals surface area (Å²) in [5, 5.41) is 32.8. The van der Waals surface area contributed by atoms with E-state index in [-0.39, 0.29) is 16.1 Å². The van der Waals surface area contributed by atoms with Crippen molar-refractivity contribution in [1.82, 2.24) is 0 Å². The molecule has 0 bridgehead atoms. The van der Waals surface area contributed by atoms with E-state index in [0.717, 1.165) is 12.1 Å². The van der Waals surface area contributed by atoms with E-state index in [1.54, 1.807) is 0 Å². The summed E-state index contributed by atoms with van der Waals surface area (Å²) in [7, 11) is -3.91. The third kappa shape index (κ3) is 5.16. The second-order valence-electron chi connectivity index (χ2n) is 5.26. The molecule has 0 unspecified atom stereocenters. The number of hydrogen-bond acceptors (Lipinski definition) is 7. The van der Waals surface area contributed by atoms with Crippen LogP contribution in [0, 0.1) is 20.2 Å². The number of phenols is 1. The summed E-state index contributed by atoms with van der Waals surface area (Å²) >= 11 is 11.7. The standard InChI is InChI=1S/C15H10Cl2N2O7S/c16-11-2-1-10(13(17)6-11)8-27(25,26)4-3-9-5-12(18(21)22)7-14(15(9)20)19(23)24/h1-7,20H,8H2. The van der Waals surface area contributed by atoms with Crippen LogP contribution < -0.4 is 0 Å². The predicted molar refractivity (Wildman–Crippen MR) is 99.5 cm³/mol. The Morgan fingerprint density at radius 3 is 2.30 bits per heavy atom. The fraction of sp³-hybridized carbons (Fsp3) is 0.0667. The van der Waals surface area contributed by atoms with Gasteiger partial charge < -0.3 is 5.11 Å². The maximum atomic E-state index is 12.2. The zero-order valence-electron chi connectivity index (χ0n) is 13.2. The zero-order chi connectivity index (χ0) is 20.4. The topological polar surface area (TPSA) is 141 Å². The van der Waals surface area contributed by atoms with Crippen molar-refractivity contribution in [3.05, 3.63) is 77.1 Å². The molecule has 0 atom stereocenters. The van der Waals surface area contributed by atoms with Crippen molar-refractivity contribution in [1.29, 1.82) is 0 Å². The van der Waals surface area contributed by atoms with Crippen molar-refractivity contribution >= 4 is 50.5 Å². The summed E-state index contributed by atoms with van der Waals surface area (Å²) in [6, 6.07) is 5.65. The van der Waals surface area contributed by atoms with Crippen LogP contribution in [0.3, 0.4) is 0 Å². The lowest BCUT2D eigenvalue weighted by Gasteiger charge is -2.04. The number of benzene rings is 2. The zero-order valence-corrected chi connectivity index (χ0v) is 15.5. The highest BCUT2D eigenvalue weighted by molar-refractivity contribution is 7.93. The molecule has 0 aromatic heterocycles. The number of nitrogens with zero attached hydrogens (tertiary/aromatic N) is 2. The van der Waals surface area contributed by atoms with E-state index in [1.807, 2.05) is 0 Å². The summed E-state index contributed by atoms with van der Waals surface area (Å²) in [4.78, 5) is 19.9. The van der Waals surface area contributed by atoms with Gasteiger partial charge in [-0.15, -0.1) is 0 Å². The van der Waals surface area contributed by atoms with E-state index < -0.39 is 42.6 Å². The van der Waals surface area contributed by atoms with Crippen LogP contribution in [-0.2, 0) is 15.6 Å². The van der Waals surface area contributed by atoms with Gasteiger partial charge in [-0.05, 0) is 23.8 Å². The van der Waals surface area contributed by atoms with E-state index in [4.69, 9.17) is 23.2 Å². The average Bonchev–Trinajstić information content (AvgIpc) is 2.56. The van der Waals surface area contributed by atoms with Crippen molar-refractivity contribution in [2.24, 2.45) is 0 Å². The van der Waals surface area contributed by atoms with Gasteiger partial charge in [0.05, 0.1) is 21.7 Å². The van der Waals surface area contributed by atoms with Crippen LogP contribution in [0.4, 0.5) is 11.4 Å². The lowest BCUT2D eigenvalue weighted by molar-refractivity contribution is -0.394. The Kier molecular flexibility index (Phi) is 6.04. The molecule has 0 heterocycles. The molecule has 2 aromatic rings. The Morgan fingerprint density at radius 2 is 1.74 bits per heavy atom. The molecule has 0 saturated heterocycles. The van der Waals surface area contributed by atoms with Crippen LogP contribution >= 0.6 is 23.2 Å². The SMILES string of the molecule is O=[N+]([O-])c1cc(C=CS(=O)(=O)Cc2ccc(Cl)cc2Cl)c(O)c([N+](=O)[O-])c1. The number of nitro benzene ring substituents is 2. The summed E-state index contributed by atoms with van der Waals surface area (Å²) in [5.74, 6) is -1.39. The minimum atomic E-state index is -3.91. The third-order valence-corrected chi connectivity index (χ3v) is 5.19. The van der Waals surface area contributed by atoms with E-state index in [0.29, 0.717) is 16.5 Å². The highest BCUT2D eigenvalue weighted by Crippen LogP contribution is 2.35. The highest BCUT2D eigenvalue weighted by atomic mass is 35.5. The molecule has 1 N–H and O–H groups in total. The number of hydrogen-bond donors (Lipinski definition) is 1. The number of nitro groups is 2. The van der Waals surface area contributed by atoms with Crippen LogP contribution in [-0.4, -0.2) is 23.4 Å². The van der Waals surface area contributed by atoms with Crippen LogP contribution in [0.1, 0.15) is 11.1 Å². The molecule has 9 nitrogen and oxygen atoms in total. The molecule has 0 aliphatic carbocycles. The molecular weight excluding hydrogens is 423 g/mol. The molecule has 27 heavy (non-hydrogen) atoms. The van der Waals surface area contributed by atoms with Gasteiger partial charge in [-0.25, -0.2) is 8.42 Å². The Hall–Kier alpha value is -2.69. The van der Waals surface area contributed by atoms with Gasteiger partial charge in [-0.1, -0.05) is 29.3 Å². The summed E-state index contributed by atoms with van der Waals surface area (Å²) < 4.78 is 24.5. The van der Waals surface area contributed by atoms with Crippen LogP contribution in [0.15, 0.2) is 35.7 Å². The van der Waals surface area contributed by atoms with Crippen LogP contribution in [0.2, 0.25) is 10.0 Å². The first-order chi connectivity index (χ1) is 12.5. The number of halogens is 2. The summed E-state index contributed by atoms with van der Waals surface area (Å²) in [6.45, 7) is 0. The first-order valence-corrected chi connectivity index (χ1v) is 9.48. The van der Waals surface area contributed by atoms with E-state index in [1.165, 1.54) is 18.2 Å². The molecule has 2 rings (SSSR count). The molecule has 142 valence electrons. The fourth-order valence-corrected chi connectivity index (χ4v) is 3.77. The minimum Gasteiger partial charge on any atom is -0.502 e. The molecule has 12 heteroatoms. The monoisotopic (exact) mass is 432 g/mol. The predicted octanol–water partition coefficient (Wildman–Crippen LogP) is 4.10. The van der Waals surface area contributed by atoms with Crippen molar-refractivity contribution in [2.75, 3.05) is 0 Å². The molecule has 0 fully saturated rings. The van der Waals surface area contributed by atoms with Gasteiger partial charge in [-0.3, -0.25) is 20.2 Å². The number of phenolic OH excluding ortho intramolecular Hbond substituents is 1. The van der Waals surface area contributed by atoms with E-state index in [2.05, 4.69) is 0 Å². The van der Waals surface area contributed by atoms with Crippen molar-refractivity contribution in [3.63, 3.8) is 0 Å². The molecule has 2 aromatic carbocycles. The van der Waals surface area contributed by atoms with Crippen LogP contribution in [0.25, 0.3) is 6.08 Å². The van der Waals surface area contributed by atoms with Crippen molar-refractivity contribution < 1.29 is 23.4 Å². The van der Waals surface area contributed by atoms with Gasteiger partial charge >= 0.3 is 5.69 Å². The van der Waals surface area contributed by atoms with Gasteiger partial charge in [0.1, 0.15) is 0 Å². The molecule has 0 spiro atoms. The Bertz CT molecular complexity index is 1070. The fourth-order valence-electron chi connectivity index (χ4n) is 2.08. The van der Waals surface area contributed by atoms with Gasteiger partial charge in [0.25, 0.3) is 5.69 Å². The van der Waals surface area contributed by atoms with Gasteiger partial charge in [0.15, 0.2) is 9.84 Å². The molecule has 0 saturated carbocycles. The minimum absolute atomic E-state index is 0.133. The average molecular weight is 433 g/mol. The number of rotatable bonds is 6. The van der Waals surface area contributed by atoms with Gasteiger partial charge in [0.2, 0.25) is 5.75 Å². The Labute approximate surface area is 162 Å². The molecule has 0 aliphatic rings. The maximum Gasteiger partial charge on any atom is 0.318 e. The Balaban J connectivity index is 2.41. The van der Waals surface area contributed by atoms with Gasteiger partial charge in [-0.2, -0.15) is 0 Å². The second-order valence-corrected chi connectivity index (χ2v) is 7.99. The molecule has 0 radical (unpaired) electrons. The molecular formula is C15H10Cl2N2O7S. The second kappa shape index (κ2) is 7.91. The normalized spacial score (nSPS) is 11.6. The van der Waals surface area contributed by atoms with Gasteiger partial charge in [0, 0.05) is 27.1 Å². The molecule has 0 aliphatic heterocycles. The van der Waals surface area contributed by atoms with Crippen LogP contribution in [0.5, 0.6) is 5.75 Å². The van der Waals surface area contributed by atoms with Crippen molar-refractivity contribution in [3.8, 4) is 5.75 Å². The lowest BCUT2D eigenvalue weighted by Crippen LogP contribution is -2.01. The number of non-ortho nitro benzene ring substituents is 1. The number of sulfone groups is 1. The van der Waals surface area contributed by atoms with E-state index >= 15 is 0 Å².